The summed E-state index contributed by atoms with van der Waals surface area (Å²) in [6.45, 7) is 0.775. The molecule has 16 heavy (non-hydrogen) atoms. The van der Waals surface area contributed by atoms with Gasteiger partial charge in [-0.3, -0.25) is 4.79 Å². The standard InChI is InChI=1S/C11H13N3OS/c15-10-9-1-4-12-14(9)6-5-13(10)7-11(8-16)2-3-11/h1,4-6,16H,2-3,7-8H2. The maximum atomic E-state index is 12.1. The third-order valence-corrected chi connectivity index (χ3v) is 4.01. The van der Waals surface area contributed by atoms with Crippen LogP contribution in [0.4, 0.5) is 0 Å². The summed E-state index contributed by atoms with van der Waals surface area (Å²) < 4.78 is 3.39. The minimum Gasteiger partial charge on any atom is -0.312 e. The Kier molecular flexibility index (Phi) is 2.10. The Morgan fingerprint density at radius 3 is 2.94 bits per heavy atom. The Labute approximate surface area is 98.3 Å². The molecule has 0 radical (unpaired) electrons. The minimum atomic E-state index is 0.0352. The molecule has 0 atom stereocenters. The molecular weight excluding hydrogens is 222 g/mol. The minimum absolute atomic E-state index is 0.0352. The molecule has 0 spiro atoms. The number of hydrogen-bond donors (Lipinski definition) is 1. The highest BCUT2D eigenvalue weighted by Gasteiger charge is 2.41. The van der Waals surface area contributed by atoms with E-state index in [1.807, 2.05) is 12.4 Å². The highest BCUT2D eigenvalue weighted by molar-refractivity contribution is 7.80. The van der Waals surface area contributed by atoms with Crippen molar-refractivity contribution in [1.82, 2.24) is 14.2 Å². The van der Waals surface area contributed by atoms with E-state index in [0.29, 0.717) is 5.52 Å². The molecule has 4 nitrogen and oxygen atoms in total. The molecule has 1 aliphatic carbocycles. The quantitative estimate of drug-likeness (QED) is 0.812. The summed E-state index contributed by atoms with van der Waals surface area (Å²) in [4.78, 5) is 12.1. The maximum Gasteiger partial charge on any atom is 0.276 e. The molecule has 0 unspecified atom stereocenters. The van der Waals surface area contributed by atoms with Crippen molar-refractivity contribution in [1.29, 1.82) is 0 Å². The Bertz CT molecular complexity index is 582. The fourth-order valence-corrected chi connectivity index (χ4v) is 2.41. The topological polar surface area (TPSA) is 39.3 Å². The first-order valence-corrected chi connectivity index (χ1v) is 6.01. The molecule has 0 aliphatic heterocycles. The highest BCUT2D eigenvalue weighted by atomic mass is 32.1. The van der Waals surface area contributed by atoms with Crippen LogP contribution in [0, 0.1) is 5.41 Å². The molecule has 0 bridgehead atoms. The predicted molar refractivity (Wildman–Crippen MR) is 65.0 cm³/mol. The van der Waals surface area contributed by atoms with Crippen LogP contribution in [-0.2, 0) is 6.54 Å². The number of thiol groups is 1. The fourth-order valence-electron chi connectivity index (χ4n) is 1.99. The largest absolute Gasteiger partial charge is 0.312 e. The van der Waals surface area contributed by atoms with Gasteiger partial charge in [-0.1, -0.05) is 0 Å². The third kappa shape index (κ3) is 1.46. The molecule has 0 amide bonds. The lowest BCUT2D eigenvalue weighted by Crippen LogP contribution is -2.26. The molecule has 1 aliphatic rings. The van der Waals surface area contributed by atoms with Crippen LogP contribution in [-0.4, -0.2) is 19.9 Å². The van der Waals surface area contributed by atoms with E-state index in [-0.39, 0.29) is 11.0 Å². The number of fused-ring (bicyclic) bond motifs is 1. The van der Waals surface area contributed by atoms with E-state index in [2.05, 4.69) is 17.7 Å². The van der Waals surface area contributed by atoms with Crippen molar-refractivity contribution in [3.8, 4) is 0 Å². The van der Waals surface area contributed by atoms with Crippen LogP contribution in [0.5, 0.6) is 0 Å². The fraction of sp³-hybridized carbons (Fsp3) is 0.455. The third-order valence-electron chi connectivity index (χ3n) is 3.34. The van der Waals surface area contributed by atoms with Gasteiger partial charge in [-0.05, 0) is 30.1 Å². The van der Waals surface area contributed by atoms with Gasteiger partial charge < -0.3 is 4.57 Å². The zero-order chi connectivity index (χ0) is 11.2. The van der Waals surface area contributed by atoms with Gasteiger partial charge in [0, 0.05) is 18.9 Å². The molecule has 3 rings (SSSR count). The Morgan fingerprint density at radius 2 is 2.25 bits per heavy atom. The molecule has 1 fully saturated rings. The van der Waals surface area contributed by atoms with Gasteiger partial charge in [0.1, 0.15) is 5.52 Å². The van der Waals surface area contributed by atoms with E-state index in [1.165, 1.54) is 12.8 Å². The van der Waals surface area contributed by atoms with Crippen LogP contribution in [0.3, 0.4) is 0 Å². The van der Waals surface area contributed by atoms with Crippen LogP contribution in [0.1, 0.15) is 12.8 Å². The molecule has 2 aromatic rings. The lowest BCUT2D eigenvalue weighted by atomic mass is 10.1. The van der Waals surface area contributed by atoms with Gasteiger partial charge in [0.15, 0.2) is 0 Å². The van der Waals surface area contributed by atoms with E-state index >= 15 is 0 Å². The highest BCUT2D eigenvalue weighted by Crippen LogP contribution is 2.47. The van der Waals surface area contributed by atoms with Crippen molar-refractivity contribution in [2.45, 2.75) is 19.4 Å². The van der Waals surface area contributed by atoms with E-state index in [1.54, 1.807) is 21.3 Å². The summed E-state index contributed by atoms with van der Waals surface area (Å²) in [5, 5.41) is 4.04. The Hall–Kier alpha value is -1.23. The molecule has 0 N–H and O–H groups in total. The van der Waals surface area contributed by atoms with Crippen molar-refractivity contribution in [3.05, 3.63) is 35.0 Å². The second-order valence-electron chi connectivity index (χ2n) is 4.55. The van der Waals surface area contributed by atoms with E-state index in [4.69, 9.17) is 0 Å². The SMILES string of the molecule is O=c1c2ccnn2ccn1CC1(CS)CC1. The Balaban J connectivity index is 2.04. The maximum absolute atomic E-state index is 12.1. The number of hydrogen-bond acceptors (Lipinski definition) is 3. The summed E-state index contributed by atoms with van der Waals surface area (Å²) >= 11 is 4.36. The summed E-state index contributed by atoms with van der Waals surface area (Å²) in [5.41, 5.74) is 0.927. The van der Waals surface area contributed by atoms with Crippen LogP contribution in [0.25, 0.3) is 5.52 Å². The average molecular weight is 235 g/mol. The second kappa shape index (κ2) is 3.38. The average Bonchev–Trinajstić information content (AvgIpc) is 2.90. The van der Waals surface area contributed by atoms with Crippen molar-refractivity contribution in [2.75, 3.05) is 5.75 Å². The van der Waals surface area contributed by atoms with Gasteiger partial charge in [0.2, 0.25) is 0 Å². The molecule has 0 saturated heterocycles. The van der Waals surface area contributed by atoms with E-state index < -0.39 is 0 Å². The Morgan fingerprint density at radius 1 is 1.44 bits per heavy atom. The zero-order valence-corrected chi connectivity index (χ0v) is 9.73. The van der Waals surface area contributed by atoms with Gasteiger partial charge in [-0.15, -0.1) is 0 Å². The van der Waals surface area contributed by atoms with Crippen LogP contribution >= 0.6 is 12.6 Å². The van der Waals surface area contributed by atoms with E-state index in [9.17, 15) is 4.79 Å². The zero-order valence-electron chi connectivity index (χ0n) is 8.83. The smallest absolute Gasteiger partial charge is 0.276 e. The van der Waals surface area contributed by atoms with Crippen molar-refractivity contribution in [2.24, 2.45) is 5.41 Å². The van der Waals surface area contributed by atoms with Crippen molar-refractivity contribution >= 4 is 18.1 Å². The summed E-state index contributed by atoms with van der Waals surface area (Å²) in [6.07, 6.45) is 7.63. The normalized spacial score (nSPS) is 17.8. The van der Waals surface area contributed by atoms with Gasteiger partial charge in [0.25, 0.3) is 5.56 Å². The molecule has 2 aromatic heterocycles. The lowest BCUT2D eigenvalue weighted by Gasteiger charge is -2.13. The van der Waals surface area contributed by atoms with Gasteiger partial charge in [-0.2, -0.15) is 17.7 Å². The van der Waals surface area contributed by atoms with Crippen LogP contribution < -0.4 is 5.56 Å². The second-order valence-corrected chi connectivity index (χ2v) is 4.87. The monoisotopic (exact) mass is 235 g/mol. The molecule has 84 valence electrons. The molecule has 0 aromatic carbocycles. The summed E-state index contributed by atoms with van der Waals surface area (Å²) in [5.74, 6) is 0.851. The molecule has 5 heteroatoms. The van der Waals surface area contributed by atoms with Crippen LogP contribution in [0.15, 0.2) is 29.5 Å². The van der Waals surface area contributed by atoms with Gasteiger partial charge >= 0.3 is 0 Å². The summed E-state index contributed by atoms with van der Waals surface area (Å²) in [6, 6.07) is 1.75. The van der Waals surface area contributed by atoms with Gasteiger partial charge in [0.05, 0.1) is 6.20 Å². The summed E-state index contributed by atoms with van der Waals surface area (Å²) in [7, 11) is 0. The van der Waals surface area contributed by atoms with E-state index in [0.717, 1.165) is 12.3 Å². The number of nitrogens with zero attached hydrogens (tertiary/aromatic N) is 3. The molecule has 1 saturated carbocycles. The van der Waals surface area contributed by atoms with Gasteiger partial charge in [-0.25, -0.2) is 4.52 Å². The van der Waals surface area contributed by atoms with Crippen LogP contribution in [0.2, 0.25) is 0 Å². The number of aromatic nitrogens is 3. The lowest BCUT2D eigenvalue weighted by molar-refractivity contribution is 0.463. The first-order valence-electron chi connectivity index (χ1n) is 5.38. The predicted octanol–water partition coefficient (Wildman–Crippen LogP) is 1.21. The van der Waals surface area contributed by atoms with Crippen molar-refractivity contribution in [3.63, 3.8) is 0 Å². The first-order chi connectivity index (χ1) is 7.74. The van der Waals surface area contributed by atoms with Crippen molar-refractivity contribution < 1.29 is 0 Å². The molecule has 2 heterocycles. The number of rotatable bonds is 3. The first kappa shape index (κ1) is 9.96. The molecular formula is C11H13N3OS.